The van der Waals surface area contributed by atoms with Crippen LogP contribution in [0.2, 0.25) is 0 Å². The maximum Gasteiger partial charge on any atom is 0.0856 e. The molecule has 2 rings (SSSR count). The van der Waals surface area contributed by atoms with Crippen LogP contribution in [0.5, 0.6) is 0 Å². The van der Waals surface area contributed by atoms with Gasteiger partial charge in [0.15, 0.2) is 0 Å². The van der Waals surface area contributed by atoms with Gasteiger partial charge in [0.25, 0.3) is 0 Å². The molecule has 0 spiro atoms. The van der Waals surface area contributed by atoms with Gasteiger partial charge in [-0.3, -0.25) is 0 Å². The van der Waals surface area contributed by atoms with E-state index in [4.69, 9.17) is 0 Å². The fourth-order valence-electron chi connectivity index (χ4n) is 2.16. The van der Waals surface area contributed by atoms with Crippen molar-refractivity contribution in [3.63, 3.8) is 0 Å². The number of aliphatic hydroxyl groups is 1. The maximum absolute atomic E-state index is 10.1. The third-order valence-corrected chi connectivity index (χ3v) is 3.38. The van der Waals surface area contributed by atoms with Crippen molar-refractivity contribution in [3.05, 3.63) is 12.2 Å². The average molecular weight is 166 g/mol. The van der Waals surface area contributed by atoms with Gasteiger partial charge >= 0.3 is 0 Å². The zero-order valence-electron chi connectivity index (χ0n) is 7.79. The minimum atomic E-state index is -0.411. The molecule has 0 bridgehead atoms. The maximum atomic E-state index is 10.1. The van der Waals surface area contributed by atoms with E-state index in [-0.39, 0.29) is 0 Å². The SMILES string of the molecule is CCC1C=CC(O)(C2CC2)CC1. The lowest BCUT2D eigenvalue weighted by Gasteiger charge is -2.30. The van der Waals surface area contributed by atoms with E-state index in [0.717, 1.165) is 12.3 Å². The predicted molar refractivity (Wildman–Crippen MR) is 49.8 cm³/mol. The molecule has 0 aromatic rings. The highest BCUT2D eigenvalue weighted by Crippen LogP contribution is 2.45. The zero-order valence-corrected chi connectivity index (χ0v) is 7.79. The van der Waals surface area contributed by atoms with E-state index in [2.05, 4.69) is 19.1 Å². The second-order valence-electron chi connectivity index (χ2n) is 4.33. The minimum Gasteiger partial charge on any atom is -0.386 e. The van der Waals surface area contributed by atoms with Gasteiger partial charge in [0.05, 0.1) is 5.60 Å². The molecule has 1 nitrogen and oxygen atoms in total. The summed E-state index contributed by atoms with van der Waals surface area (Å²) in [5, 5.41) is 10.1. The minimum absolute atomic E-state index is 0.411. The Morgan fingerprint density at radius 2 is 2.17 bits per heavy atom. The van der Waals surface area contributed by atoms with Crippen molar-refractivity contribution < 1.29 is 5.11 Å². The fraction of sp³-hybridized carbons (Fsp3) is 0.818. The van der Waals surface area contributed by atoms with Gasteiger partial charge in [-0.05, 0) is 43.9 Å². The Labute approximate surface area is 74.5 Å². The molecule has 0 heterocycles. The molecule has 1 fully saturated rings. The van der Waals surface area contributed by atoms with E-state index in [1.807, 2.05) is 0 Å². The summed E-state index contributed by atoms with van der Waals surface area (Å²) in [7, 11) is 0. The normalized spacial score (nSPS) is 41.7. The fourth-order valence-corrected chi connectivity index (χ4v) is 2.16. The summed E-state index contributed by atoms with van der Waals surface area (Å²) in [6.07, 6.45) is 10.2. The monoisotopic (exact) mass is 166 g/mol. The van der Waals surface area contributed by atoms with Crippen LogP contribution in [0.15, 0.2) is 12.2 Å². The first-order valence-corrected chi connectivity index (χ1v) is 5.16. The summed E-state index contributed by atoms with van der Waals surface area (Å²) in [5.74, 6) is 1.32. The van der Waals surface area contributed by atoms with Gasteiger partial charge in [-0.1, -0.05) is 19.1 Å². The molecule has 2 aliphatic carbocycles. The van der Waals surface area contributed by atoms with E-state index in [1.54, 1.807) is 0 Å². The van der Waals surface area contributed by atoms with Crippen molar-refractivity contribution in [2.75, 3.05) is 0 Å². The molecule has 12 heavy (non-hydrogen) atoms. The Hall–Kier alpha value is -0.300. The lowest BCUT2D eigenvalue weighted by atomic mass is 9.81. The van der Waals surface area contributed by atoms with Crippen molar-refractivity contribution in [2.24, 2.45) is 11.8 Å². The quantitative estimate of drug-likeness (QED) is 0.625. The first-order valence-electron chi connectivity index (χ1n) is 5.16. The highest BCUT2D eigenvalue weighted by atomic mass is 16.3. The van der Waals surface area contributed by atoms with Crippen LogP contribution < -0.4 is 0 Å². The molecule has 0 amide bonds. The van der Waals surface area contributed by atoms with Gasteiger partial charge in [-0.25, -0.2) is 0 Å². The molecular formula is C11H18O. The lowest BCUT2D eigenvalue weighted by Crippen LogP contribution is -2.32. The zero-order chi connectivity index (χ0) is 8.60. The Morgan fingerprint density at radius 1 is 1.42 bits per heavy atom. The Kier molecular flexibility index (Phi) is 1.99. The molecule has 0 aromatic heterocycles. The predicted octanol–water partition coefficient (Wildman–Crippen LogP) is 2.50. The van der Waals surface area contributed by atoms with Crippen LogP contribution in [-0.2, 0) is 0 Å². The van der Waals surface area contributed by atoms with Crippen molar-refractivity contribution in [1.82, 2.24) is 0 Å². The number of hydrogen-bond acceptors (Lipinski definition) is 1. The van der Waals surface area contributed by atoms with E-state index in [9.17, 15) is 5.11 Å². The van der Waals surface area contributed by atoms with Gasteiger partial charge < -0.3 is 5.11 Å². The number of rotatable bonds is 2. The van der Waals surface area contributed by atoms with Crippen molar-refractivity contribution >= 4 is 0 Å². The summed E-state index contributed by atoms with van der Waals surface area (Å²) in [6, 6.07) is 0. The van der Waals surface area contributed by atoms with Crippen LogP contribution in [0.4, 0.5) is 0 Å². The Morgan fingerprint density at radius 3 is 2.58 bits per heavy atom. The first kappa shape index (κ1) is 8.31. The summed E-state index contributed by atoms with van der Waals surface area (Å²) in [6.45, 7) is 2.22. The Balaban J connectivity index is 2.02. The van der Waals surface area contributed by atoms with Gasteiger partial charge in [-0.15, -0.1) is 0 Å². The molecule has 68 valence electrons. The molecule has 2 atom stereocenters. The van der Waals surface area contributed by atoms with E-state index in [0.29, 0.717) is 5.92 Å². The lowest BCUT2D eigenvalue weighted by molar-refractivity contribution is 0.0462. The van der Waals surface area contributed by atoms with E-state index >= 15 is 0 Å². The highest BCUT2D eigenvalue weighted by Gasteiger charge is 2.42. The summed E-state index contributed by atoms with van der Waals surface area (Å²) in [5.41, 5.74) is -0.411. The van der Waals surface area contributed by atoms with Crippen LogP contribution in [0, 0.1) is 11.8 Å². The molecule has 0 radical (unpaired) electrons. The number of allylic oxidation sites excluding steroid dienone is 1. The van der Waals surface area contributed by atoms with Gasteiger partial charge in [0, 0.05) is 0 Å². The largest absolute Gasteiger partial charge is 0.386 e. The molecule has 0 aliphatic heterocycles. The summed E-state index contributed by atoms with van der Waals surface area (Å²) >= 11 is 0. The molecule has 2 aliphatic rings. The van der Waals surface area contributed by atoms with Gasteiger partial charge in [0.2, 0.25) is 0 Å². The average Bonchev–Trinajstić information content (AvgIpc) is 2.88. The van der Waals surface area contributed by atoms with Crippen LogP contribution in [0.1, 0.15) is 39.0 Å². The Bertz CT molecular complexity index is 193. The molecule has 0 saturated heterocycles. The van der Waals surface area contributed by atoms with Crippen LogP contribution >= 0.6 is 0 Å². The first-order chi connectivity index (χ1) is 5.74. The standard InChI is InChI=1S/C11H18O/c1-2-9-5-7-11(12,8-6-9)10-3-4-10/h5,7,9-10,12H,2-4,6,8H2,1H3. The van der Waals surface area contributed by atoms with E-state index < -0.39 is 5.60 Å². The third kappa shape index (κ3) is 1.42. The highest BCUT2D eigenvalue weighted by molar-refractivity contribution is 5.13. The molecule has 2 unspecified atom stereocenters. The van der Waals surface area contributed by atoms with Crippen LogP contribution in [0.3, 0.4) is 0 Å². The molecule has 1 N–H and O–H groups in total. The van der Waals surface area contributed by atoms with Gasteiger partial charge in [0.1, 0.15) is 0 Å². The second kappa shape index (κ2) is 2.88. The summed E-state index contributed by atoms with van der Waals surface area (Å²) in [4.78, 5) is 0. The van der Waals surface area contributed by atoms with Crippen molar-refractivity contribution in [3.8, 4) is 0 Å². The van der Waals surface area contributed by atoms with Crippen LogP contribution in [0.25, 0.3) is 0 Å². The molecule has 1 heteroatoms. The van der Waals surface area contributed by atoms with Crippen molar-refractivity contribution in [1.29, 1.82) is 0 Å². The third-order valence-electron chi connectivity index (χ3n) is 3.38. The number of hydrogen-bond donors (Lipinski definition) is 1. The van der Waals surface area contributed by atoms with E-state index in [1.165, 1.54) is 25.7 Å². The van der Waals surface area contributed by atoms with Crippen LogP contribution in [-0.4, -0.2) is 10.7 Å². The van der Waals surface area contributed by atoms with Crippen molar-refractivity contribution in [2.45, 2.75) is 44.6 Å². The molecule has 0 aromatic carbocycles. The smallest absolute Gasteiger partial charge is 0.0856 e. The topological polar surface area (TPSA) is 20.2 Å². The van der Waals surface area contributed by atoms with Gasteiger partial charge in [-0.2, -0.15) is 0 Å². The summed E-state index contributed by atoms with van der Waals surface area (Å²) < 4.78 is 0. The molecule has 1 saturated carbocycles. The molecular weight excluding hydrogens is 148 g/mol. The second-order valence-corrected chi connectivity index (χ2v) is 4.33.